The highest BCUT2D eigenvalue weighted by Gasteiger charge is 2.21. The van der Waals surface area contributed by atoms with Gasteiger partial charge in [-0.2, -0.15) is 0 Å². The quantitative estimate of drug-likeness (QED) is 0.576. The summed E-state index contributed by atoms with van der Waals surface area (Å²) in [7, 11) is 1.76. The molecular formula is C9H19FN2O2. The van der Waals surface area contributed by atoms with Gasteiger partial charge in [0, 0.05) is 13.1 Å². The summed E-state index contributed by atoms with van der Waals surface area (Å²) in [5, 5.41) is 11.8. The number of aliphatic hydroxyl groups excluding tert-OH is 1. The molecule has 0 heterocycles. The lowest BCUT2D eigenvalue weighted by atomic mass is 10.1. The summed E-state index contributed by atoms with van der Waals surface area (Å²) >= 11 is 0. The van der Waals surface area contributed by atoms with Crippen LogP contribution in [0.3, 0.4) is 0 Å². The molecular weight excluding hydrogens is 187 g/mol. The number of halogens is 1. The first-order chi connectivity index (χ1) is 6.71. The van der Waals surface area contributed by atoms with Crippen LogP contribution in [0, 0.1) is 5.92 Å². The first-order valence-corrected chi connectivity index (χ1v) is 4.81. The highest BCUT2D eigenvalue weighted by molar-refractivity contribution is 5.78. The van der Waals surface area contributed by atoms with Crippen molar-refractivity contribution in [2.45, 2.75) is 13.3 Å². The third-order valence-corrected chi connectivity index (χ3v) is 2.14. The average Bonchev–Trinajstić information content (AvgIpc) is 2.21. The number of alkyl halides is 1. The van der Waals surface area contributed by atoms with E-state index in [4.69, 9.17) is 5.11 Å². The van der Waals surface area contributed by atoms with Gasteiger partial charge in [0.2, 0.25) is 5.91 Å². The van der Waals surface area contributed by atoms with E-state index in [9.17, 15) is 9.18 Å². The van der Waals surface area contributed by atoms with Crippen LogP contribution in [0.4, 0.5) is 4.39 Å². The Bertz CT molecular complexity index is 163. The van der Waals surface area contributed by atoms with E-state index in [-0.39, 0.29) is 12.6 Å². The van der Waals surface area contributed by atoms with E-state index in [0.29, 0.717) is 19.5 Å². The summed E-state index contributed by atoms with van der Waals surface area (Å²) in [5.74, 6) is -0.924. The SMILES string of the molecule is CCC(CF)C(=O)N(CO)CCNC. The second kappa shape index (κ2) is 7.70. The topological polar surface area (TPSA) is 52.6 Å². The van der Waals surface area contributed by atoms with Gasteiger partial charge in [-0.3, -0.25) is 9.18 Å². The van der Waals surface area contributed by atoms with E-state index in [0.717, 1.165) is 0 Å². The van der Waals surface area contributed by atoms with Gasteiger partial charge in [0.05, 0.1) is 5.92 Å². The van der Waals surface area contributed by atoms with E-state index in [2.05, 4.69) is 5.32 Å². The molecule has 0 aromatic rings. The minimum absolute atomic E-state index is 0.312. The molecule has 0 bridgehead atoms. The largest absolute Gasteiger partial charge is 0.376 e. The molecule has 0 rings (SSSR count). The summed E-state index contributed by atoms with van der Waals surface area (Å²) in [5.41, 5.74) is 0. The minimum Gasteiger partial charge on any atom is -0.376 e. The number of rotatable bonds is 7. The number of amides is 1. The third kappa shape index (κ3) is 4.02. The van der Waals surface area contributed by atoms with Crippen molar-refractivity contribution < 1.29 is 14.3 Å². The van der Waals surface area contributed by atoms with Crippen LogP contribution in [0.5, 0.6) is 0 Å². The molecule has 4 nitrogen and oxygen atoms in total. The van der Waals surface area contributed by atoms with Gasteiger partial charge in [-0.15, -0.1) is 0 Å². The van der Waals surface area contributed by atoms with Gasteiger partial charge < -0.3 is 15.3 Å². The van der Waals surface area contributed by atoms with Crippen molar-refractivity contribution in [3.8, 4) is 0 Å². The molecule has 0 fully saturated rings. The summed E-state index contributed by atoms with van der Waals surface area (Å²) in [6.07, 6.45) is 0.464. The Morgan fingerprint density at radius 3 is 2.64 bits per heavy atom. The van der Waals surface area contributed by atoms with Crippen LogP contribution in [-0.4, -0.2) is 49.5 Å². The number of carbonyl (C=O) groups excluding carboxylic acids is 1. The molecule has 0 radical (unpaired) electrons. The first kappa shape index (κ1) is 13.3. The Balaban J connectivity index is 4.13. The van der Waals surface area contributed by atoms with Crippen LogP contribution >= 0.6 is 0 Å². The lowest BCUT2D eigenvalue weighted by Gasteiger charge is -2.23. The van der Waals surface area contributed by atoms with E-state index in [1.807, 2.05) is 0 Å². The fourth-order valence-electron chi connectivity index (χ4n) is 1.11. The maximum Gasteiger partial charge on any atom is 0.230 e. The molecule has 1 amide bonds. The molecule has 0 aromatic heterocycles. The highest BCUT2D eigenvalue weighted by atomic mass is 19.1. The molecule has 0 saturated heterocycles. The average molecular weight is 206 g/mol. The molecule has 0 aliphatic heterocycles. The standard InChI is InChI=1S/C9H19FN2O2/c1-3-8(6-10)9(14)12(7-13)5-4-11-2/h8,11,13H,3-7H2,1-2H3. The first-order valence-electron chi connectivity index (χ1n) is 4.81. The summed E-state index contributed by atoms with van der Waals surface area (Å²) < 4.78 is 12.4. The number of carbonyl (C=O) groups is 1. The Hall–Kier alpha value is -0.680. The summed E-state index contributed by atoms with van der Waals surface area (Å²) in [4.78, 5) is 12.8. The van der Waals surface area contributed by atoms with Crippen molar-refractivity contribution in [1.82, 2.24) is 10.2 Å². The Kier molecular flexibility index (Phi) is 7.32. The van der Waals surface area contributed by atoms with Crippen LogP contribution in [0.2, 0.25) is 0 Å². The van der Waals surface area contributed by atoms with Gasteiger partial charge in [0.25, 0.3) is 0 Å². The Labute approximate surface area is 84.1 Å². The second-order valence-corrected chi connectivity index (χ2v) is 3.11. The molecule has 5 heteroatoms. The zero-order valence-electron chi connectivity index (χ0n) is 8.79. The molecule has 0 saturated carbocycles. The highest BCUT2D eigenvalue weighted by Crippen LogP contribution is 2.07. The van der Waals surface area contributed by atoms with Crippen molar-refractivity contribution in [2.75, 3.05) is 33.5 Å². The molecule has 2 N–H and O–H groups in total. The summed E-state index contributed by atoms with van der Waals surface area (Å²) in [6.45, 7) is 1.75. The number of nitrogens with one attached hydrogen (secondary N) is 1. The fourth-order valence-corrected chi connectivity index (χ4v) is 1.11. The van der Waals surface area contributed by atoms with Crippen LogP contribution in [0.1, 0.15) is 13.3 Å². The molecule has 0 aromatic carbocycles. The predicted octanol–water partition coefficient (Wildman–Crippen LogP) is -0.0201. The van der Waals surface area contributed by atoms with Crippen molar-refractivity contribution >= 4 is 5.91 Å². The number of hydrogen-bond donors (Lipinski definition) is 2. The zero-order chi connectivity index (χ0) is 11.0. The third-order valence-electron chi connectivity index (χ3n) is 2.14. The zero-order valence-corrected chi connectivity index (χ0v) is 8.79. The van der Waals surface area contributed by atoms with Gasteiger partial charge in [-0.25, -0.2) is 0 Å². The van der Waals surface area contributed by atoms with Crippen molar-refractivity contribution in [3.05, 3.63) is 0 Å². The Morgan fingerprint density at radius 1 is 1.64 bits per heavy atom. The van der Waals surface area contributed by atoms with Gasteiger partial charge in [-0.05, 0) is 13.5 Å². The van der Waals surface area contributed by atoms with Crippen molar-refractivity contribution in [3.63, 3.8) is 0 Å². The lowest BCUT2D eigenvalue weighted by Crippen LogP contribution is -2.41. The molecule has 1 unspecified atom stereocenters. The summed E-state index contributed by atoms with van der Waals surface area (Å²) in [6, 6.07) is 0. The maximum absolute atomic E-state index is 12.4. The fraction of sp³-hybridized carbons (Fsp3) is 0.889. The second-order valence-electron chi connectivity index (χ2n) is 3.11. The molecule has 14 heavy (non-hydrogen) atoms. The smallest absolute Gasteiger partial charge is 0.230 e. The van der Waals surface area contributed by atoms with Crippen molar-refractivity contribution in [1.29, 1.82) is 0 Å². The molecule has 0 spiro atoms. The van der Waals surface area contributed by atoms with E-state index < -0.39 is 12.6 Å². The number of hydrogen-bond acceptors (Lipinski definition) is 3. The predicted molar refractivity (Wildman–Crippen MR) is 52.5 cm³/mol. The van der Waals surface area contributed by atoms with Crippen LogP contribution in [-0.2, 0) is 4.79 Å². The number of likely N-dealkylation sites (N-methyl/N-ethyl adjacent to an activating group) is 1. The lowest BCUT2D eigenvalue weighted by molar-refractivity contribution is -0.139. The number of aliphatic hydroxyl groups is 1. The van der Waals surface area contributed by atoms with E-state index >= 15 is 0 Å². The van der Waals surface area contributed by atoms with E-state index in [1.54, 1.807) is 14.0 Å². The van der Waals surface area contributed by atoms with Crippen LogP contribution < -0.4 is 5.32 Å². The number of nitrogens with zero attached hydrogens (tertiary/aromatic N) is 1. The molecule has 0 aliphatic carbocycles. The van der Waals surface area contributed by atoms with E-state index in [1.165, 1.54) is 4.90 Å². The molecule has 1 atom stereocenters. The normalized spacial score (nSPS) is 12.6. The van der Waals surface area contributed by atoms with Gasteiger partial charge >= 0.3 is 0 Å². The van der Waals surface area contributed by atoms with Crippen LogP contribution in [0.15, 0.2) is 0 Å². The van der Waals surface area contributed by atoms with Gasteiger partial charge in [-0.1, -0.05) is 6.92 Å². The minimum atomic E-state index is -0.661. The van der Waals surface area contributed by atoms with Crippen LogP contribution in [0.25, 0.3) is 0 Å². The van der Waals surface area contributed by atoms with Crippen molar-refractivity contribution in [2.24, 2.45) is 5.92 Å². The Morgan fingerprint density at radius 2 is 2.29 bits per heavy atom. The van der Waals surface area contributed by atoms with Gasteiger partial charge in [0.1, 0.15) is 13.4 Å². The maximum atomic E-state index is 12.4. The van der Waals surface area contributed by atoms with Gasteiger partial charge in [0.15, 0.2) is 0 Å². The molecule has 84 valence electrons. The monoisotopic (exact) mass is 206 g/mol. The molecule has 0 aliphatic rings.